The number of hydrogen-bond donors (Lipinski definition) is 3. The first kappa shape index (κ1) is 39.4. The molecule has 1 aliphatic carbocycles. The molecular weight excluding hydrogens is 719 g/mol. The molecule has 0 bridgehead atoms. The van der Waals surface area contributed by atoms with E-state index in [1.165, 1.54) is 22.3 Å². The number of rotatable bonds is 15. The average Bonchev–Trinajstić information content (AvgIpc) is 3.67. The standard InChI is InChI=1S/C43H51N3O6S2/c1-42(2)35-18-8-10-20-37(35)45(28-12-14-30-53(47,48)49)39(42)26-24-32-22-23-33(41(32)44-34-16-6-5-7-17-34)25-27-40-43(3,4)36-19-9-11-21-38(36)46(40)29-13-15-31-54(50,51)52/h5-11,16-21,24-27H,12-15,22-23,28-31H2,1-4H3,(H2,47,48,49,50,51,52)/p+1/b32-24-,39-26-. The molecule has 286 valence electrons. The minimum Gasteiger partial charge on any atom is -0.355 e. The predicted molar refractivity (Wildman–Crippen MR) is 219 cm³/mol. The Bertz CT molecular complexity index is 2270. The molecular formula is C43H52N3O6S2+. The summed E-state index contributed by atoms with van der Waals surface area (Å²) < 4.78 is 66.5. The van der Waals surface area contributed by atoms with Gasteiger partial charge in [-0.25, -0.2) is 0 Å². The molecule has 0 fully saturated rings. The van der Waals surface area contributed by atoms with Crippen LogP contribution in [0.25, 0.3) is 0 Å². The van der Waals surface area contributed by atoms with Crippen LogP contribution >= 0.6 is 0 Å². The maximum Gasteiger partial charge on any atom is 0.264 e. The van der Waals surface area contributed by atoms with Crippen molar-refractivity contribution in [2.45, 2.75) is 77.0 Å². The summed E-state index contributed by atoms with van der Waals surface area (Å²) in [6.45, 7) is 10.2. The van der Waals surface area contributed by atoms with Crippen LogP contribution in [0.2, 0.25) is 0 Å². The quantitative estimate of drug-likeness (QED) is 0.0796. The van der Waals surface area contributed by atoms with Gasteiger partial charge in [0.2, 0.25) is 5.69 Å². The second kappa shape index (κ2) is 15.8. The number of nitrogens with one attached hydrogen (secondary N) is 1. The smallest absolute Gasteiger partial charge is 0.264 e. The molecule has 6 rings (SSSR count). The van der Waals surface area contributed by atoms with Crippen molar-refractivity contribution in [1.82, 2.24) is 0 Å². The fourth-order valence-electron chi connectivity index (χ4n) is 8.12. The lowest BCUT2D eigenvalue weighted by Crippen LogP contribution is -2.28. The van der Waals surface area contributed by atoms with Crippen molar-refractivity contribution < 1.29 is 30.5 Å². The monoisotopic (exact) mass is 770 g/mol. The van der Waals surface area contributed by atoms with E-state index in [0.717, 1.165) is 47.0 Å². The Balaban J connectivity index is 1.36. The molecule has 0 spiro atoms. The second-order valence-corrected chi connectivity index (χ2v) is 18.6. The van der Waals surface area contributed by atoms with Gasteiger partial charge < -0.3 is 10.2 Å². The Morgan fingerprint density at radius 1 is 0.722 bits per heavy atom. The molecule has 0 atom stereocenters. The van der Waals surface area contributed by atoms with E-state index in [4.69, 9.17) is 0 Å². The minimum atomic E-state index is -4.01. The molecule has 9 nitrogen and oxygen atoms in total. The second-order valence-electron chi connectivity index (χ2n) is 15.4. The summed E-state index contributed by atoms with van der Waals surface area (Å²) in [7, 11) is -8.02. The van der Waals surface area contributed by atoms with E-state index in [1.54, 1.807) is 0 Å². The average molecular weight is 771 g/mol. The highest BCUT2D eigenvalue weighted by molar-refractivity contribution is 7.86. The normalized spacial score (nSPS) is 19.4. The number of allylic oxidation sites excluding steroid dienone is 7. The molecule has 3 aromatic rings. The van der Waals surface area contributed by atoms with Crippen LogP contribution < -0.4 is 10.2 Å². The van der Waals surface area contributed by atoms with Crippen molar-refractivity contribution in [2.75, 3.05) is 34.8 Å². The molecule has 2 aliphatic heterocycles. The minimum absolute atomic E-state index is 0.251. The van der Waals surface area contributed by atoms with Crippen molar-refractivity contribution in [2.24, 2.45) is 0 Å². The van der Waals surface area contributed by atoms with Crippen LogP contribution in [0.4, 0.5) is 17.1 Å². The fourth-order valence-corrected chi connectivity index (χ4v) is 9.25. The first-order valence-electron chi connectivity index (χ1n) is 18.7. The number of benzene rings is 3. The van der Waals surface area contributed by atoms with Crippen LogP contribution in [0.15, 0.2) is 126 Å². The van der Waals surface area contributed by atoms with E-state index in [0.29, 0.717) is 38.8 Å². The number of anilines is 2. The van der Waals surface area contributed by atoms with E-state index >= 15 is 0 Å². The van der Waals surface area contributed by atoms with Crippen LogP contribution in [0.1, 0.15) is 77.3 Å². The van der Waals surface area contributed by atoms with Crippen molar-refractivity contribution in [3.8, 4) is 0 Å². The third kappa shape index (κ3) is 8.81. The van der Waals surface area contributed by atoms with Crippen molar-refractivity contribution >= 4 is 43.0 Å². The number of hydrogen-bond acceptors (Lipinski definition) is 6. The molecule has 3 aliphatic rings. The molecule has 3 N–H and O–H groups in total. The van der Waals surface area contributed by atoms with E-state index in [-0.39, 0.29) is 22.3 Å². The highest BCUT2D eigenvalue weighted by atomic mass is 32.2. The van der Waals surface area contributed by atoms with Gasteiger partial charge in [-0.3, -0.25) is 9.11 Å². The number of nitrogens with zero attached hydrogens (tertiary/aromatic N) is 2. The van der Waals surface area contributed by atoms with E-state index in [9.17, 15) is 25.9 Å². The Labute approximate surface area is 321 Å². The zero-order valence-corrected chi connectivity index (χ0v) is 33.3. The topological polar surface area (TPSA) is 127 Å². The molecule has 0 amide bonds. The maximum absolute atomic E-state index is 11.4. The molecule has 2 heterocycles. The van der Waals surface area contributed by atoms with Gasteiger partial charge in [-0.1, -0.05) is 80.6 Å². The fraction of sp³-hybridized carbons (Fsp3) is 0.372. The largest absolute Gasteiger partial charge is 0.355 e. The first-order chi connectivity index (χ1) is 25.6. The molecule has 0 saturated carbocycles. The van der Waals surface area contributed by atoms with Gasteiger partial charge >= 0.3 is 0 Å². The summed E-state index contributed by atoms with van der Waals surface area (Å²) >= 11 is 0. The van der Waals surface area contributed by atoms with Gasteiger partial charge in [0.15, 0.2) is 5.71 Å². The van der Waals surface area contributed by atoms with Gasteiger partial charge in [-0.05, 0) is 86.9 Å². The summed E-state index contributed by atoms with van der Waals surface area (Å²) in [5, 5.41) is 3.74. The third-order valence-corrected chi connectivity index (χ3v) is 12.5. The van der Waals surface area contributed by atoms with Crippen LogP contribution in [-0.2, 0) is 31.1 Å². The van der Waals surface area contributed by atoms with E-state index < -0.39 is 20.2 Å². The third-order valence-electron chi connectivity index (χ3n) is 10.9. The van der Waals surface area contributed by atoms with Crippen molar-refractivity contribution in [3.05, 3.63) is 137 Å². The molecule has 0 unspecified atom stereocenters. The molecule has 0 saturated heterocycles. The van der Waals surface area contributed by atoms with Crippen LogP contribution in [0.3, 0.4) is 0 Å². The summed E-state index contributed by atoms with van der Waals surface area (Å²) in [6, 6.07) is 26.9. The SMILES string of the molecule is CC1(C)C(/C=C\C2=C(Nc3ccccc3)C(=C\C=C3/N(CCCCS(=O)(=O)O)c4ccccc4C3(C)C)/CC2)=[N+](CCCCS(=O)(=O)O)c2ccccc21. The number of unbranched alkanes of at least 4 members (excludes halogenated alkanes) is 2. The van der Waals surface area contributed by atoms with E-state index in [2.05, 4.69) is 115 Å². The van der Waals surface area contributed by atoms with Crippen LogP contribution in [-0.4, -0.2) is 60.8 Å². The van der Waals surface area contributed by atoms with Gasteiger partial charge in [0.1, 0.15) is 6.54 Å². The molecule has 0 aromatic heterocycles. The van der Waals surface area contributed by atoms with Crippen LogP contribution in [0, 0.1) is 0 Å². The summed E-state index contributed by atoms with van der Waals surface area (Å²) in [5.41, 5.74) is 10.8. The lowest BCUT2D eigenvalue weighted by atomic mass is 9.81. The predicted octanol–water partition coefficient (Wildman–Crippen LogP) is 8.72. The molecule has 3 aromatic carbocycles. The number of para-hydroxylation sites is 3. The number of fused-ring (bicyclic) bond motifs is 2. The van der Waals surface area contributed by atoms with Gasteiger partial charge in [-0.15, -0.1) is 0 Å². The Hall–Kier alpha value is -4.29. The highest BCUT2D eigenvalue weighted by Crippen LogP contribution is 2.48. The van der Waals surface area contributed by atoms with Gasteiger partial charge in [0, 0.05) is 58.9 Å². The lowest BCUT2D eigenvalue weighted by molar-refractivity contribution is -0.438. The highest BCUT2D eigenvalue weighted by Gasteiger charge is 2.44. The first-order valence-corrected chi connectivity index (χ1v) is 21.9. The Kier molecular flexibility index (Phi) is 11.5. The lowest BCUT2D eigenvalue weighted by Gasteiger charge is -2.27. The van der Waals surface area contributed by atoms with Gasteiger partial charge in [-0.2, -0.15) is 21.4 Å². The molecule has 0 radical (unpaired) electrons. The van der Waals surface area contributed by atoms with Crippen molar-refractivity contribution in [3.63, 3.8) is 0 Å². The maximum atomic E-state index is 11.4. The van der Waals surface area contributed by atoms with E-state index in [1.807, 2.05) is 30.3 Å². The zero-order valence-electron chi connectivity index (χ0n) is 31.6. The van der Waals surface area contributed by atoms with Gasteiger partial charge in [0.25, 0.3) is 20.2 Å². The van der Waals surface area contributed by atoms with Crippen molar-refractivity contribution in [1.29, 1.82) is 0 Å². The zero-order chi connectivity index (χ0) is 38.7. The summed E-state index contributed by atoms with van der Waals surface area (Å²) in [5.74, 6) is -0.502. The Morgan fingerprint density at radius 3 is 2.06 bits per heavy atom. The molecule has 54 heavy (non-hydrogen) atoms. The molecule has 11 heteroatoms. The summed E-state index contributed by atoms with van der Waals surface area (Å²) in [6.07, 6.45) is 12.6. The summed E-state index contributed by atoms with van der Waals surface area (Å²) in [4.78, 5) is 2.29. The Morgan fingerprint density at radius 2 is 1.35 bits per heavy atom. The van der Waals surface area contributed by atoms with Crippen LogP contribution in [0.5, 0.6) is 0 Å². The van der Waals surface area contributed by atoms with Gasteiger partial charge in [0.05, 0.1) is 16.9 Å².